The summed E-state index contributed by atoms with van der Waals surface area (Å²) in [6.45, 7) is 5.97. The molecule has 2 fully saturated rings. The third kappa shape index (κ3) is 4.58. The Morgan fingerprint density at radius 2 is 1.92 bits per heavy atom. The van der Waals surface area contributed by atoms with Crippen LogP contribution in [0.2, 0.25) is 0 Å². The number of carbonyl (C=O) groups is 1. The second-order valence-corrected chi connectivity index (χ2v) is 8.45. The fourth-order valence-electron chi connectivity index (χ4n) is 3.24. The van der Waals surface area contributed by atoms with Crippen LogP contribution in [0.25, 0.3) is 0 Å². The van der Waals surface area contributed by atoms with Gasteiger partial charge in [0.1, 0.15) is 13.1 Å². The molecule has 3 rings (SSSR count). The van der Waals surface area contributed by atoms with Crippen molar-refractivity contribution < 1.29 is 22.8 Å². The molecular formula is C17H26N3O4S+. The molecule has 0 atom stereocenters. The van der Waals surface area contributed by atoms with Crippen LogP contribution >= 0.6 is 0 Å². The van der Waals surface area contributed by atoms with E-state index in [1.165, 1.54) is 15.3 Å². The first-order valence-electron chi connectivity index (χ1n) is 8.87. The van der Waals surface area contributed by atoms with Crippen LogP contribution in [0.3, 0.4) is 0 Å². The van der Waals surface area contributed by atoms with Crippen molar-refractivity contribution in [3.63, 3.8) is 0 Å². The Kier molecular flexibility index (Phi) is 6.06. The zero-order chi connectivity index (χ0) is 17.7. The van der Waals surface area contributed by atoms with Crippen molar-refractivity contribution in [3.8, 4) is 0 Å². The van der Waals surface area contributed by atoms with Gasteiger partial charge in [0.25, 0.3) is 5.91 Å². The van der Waals surface area contributed by atoms with E-state index in [-0.39, 0.29) is 10.8 Å². The van der Waals surface area contributed by atoms with Gasteiger partial charge in [-0.3, -0.25) is 4.79 Å². The average Bonchev–Trinajstić information content (AvgIpc) is 3.18. The third-order valence-corrected chi connectivity index (χ3v) is 6.66. The molecule has 0 unspecified atom stereocenters. The summed E-state index contributed by atoms with van der Waals surface area (Å²) >= 11 is 0. The van der Waals surface area contributed by atoms with E-state index in [4.69, 9.17) is 4.74 Å². The van der Waals surface area contributed by atoms with E-state index in [1.807, 2.05) is 0 Å². The van der Waals surface area contributed by atoms with Gasteiger partial charge in [-0.1, -0.05) is 6.07 Å². The predicted molar refractivity (Wildman–Crippen MR) is 93.2 cm³/mol. The van der Waals surface area contributed by atoms with Gasteiger partial charge < -0.3 is 15.0 Å². The number of amides is 1. The van der Waals surface area contributed by atoms with Crippen molar-refractivity contribution in [3.05, 3.63) is 29.8 Å². The van der Waals surface area contributed by atoms with Crippen molar-refractivity contribution in [2.45, 2.75) is 17.7 Å². The zero-order valence-electron chi connectivity index (χ0n) is 14.4. The van der Waals surface area contributed by atoms with Gasteiger partial charge in [0.15, 0.2) is 0 Å². The molecule has 2 aliphatic rings. The molecule has 0 spiro atoms. The van der Waals surface area contributed by atoms with Gasteiger partial charge in [0.05, 0.1) is 31.2 Å². The number of sulfonamides is 1. The minimum absolute atomic E-state index is 0.195. The van der Waals surface area contributed by atoms with Crippen LogP contribution in [0.15, 0.2) is 29.2 Å². The lowest BCUT2D eigenvalue weighted by Gasteiger charge is -2.23. The molecule has 0 radical (unpaired) electrons. The molecule has 0 bridgehead atoms. The minimum Gasteiger partial charge on any atom is -0.370 e. The number of carbonyl (C=O) groups excluding carboxylic acids is 1. The number of hydrogen-bond donors (Lipinski definition) is 2. The van der Waals surface area contributed by atoms with E-state index in [0.29, 0.717) is 25.2 Å². The van der Waals surface area contributed by atoms with Crippen LogP contribution < -0.4 is 10.2 Å². The van der Waals surface area contributed by atoms with Gasteiger partial charge in [0.2, 0.25) is 10.0 Å². The van der Waals surface area contributed by atoms with Crippen LogP contribution in [0, 0.1) is 0 Å². The lowest BCUT2D eigenvalue weighted by Crippen LogP contribution is -3.14. The van der Waals surface area contributed by atoms with Gasteiger partial charge in [0, 0.05) is 18.7 Å². The predicted octanol–water partition coefficient (Wildman–Crippen LogP) is -0.884. The maximum absolute atomic E-state index is 12.6. The summed E-state index contributed by atoms with van der Waals surface area (Å²) in [5.41, 5.74) is 0.386. The molecule has 1 amide bonds. The molecule has 8 heteroatoms. The van der Waals surface area contributed by atoms with E-state index >= 15 is 0 Å². The number of nitrogens with zero attached hydrogens (tertiary/aromatic N) is 1. The van der Waals surface area contributed by atoms with Crippen molar-refractivity contribution >= 4 is 15.9 Å². The first-order valence-corrected chi connectivity index (χ1v) is 10.3. The van der Waals surface area contributed by atoms with Crippen LogP contribution in [-0.2, 0) is 14.8 Å². The molecule has 0 aromatic heterocycles. The average molecular weight is 368 g/mol. The van der Waals surface area contributed by atoms with Crippen LogP contribution in [0.5, 0.6) is 0 Å². The van der Waals surface area contributed by atoms with Gasteiger partial charge in [-0.15, -0.1) is 0 Å². The van der Waals surface area contributed by atoms with Gasteiger partial charge in [-0.2, -0.15) is 4.31 Å². The topological polar surface area (TPSA) is 80.1 Å². The third-order valence-electron chi connectivity index (χ3n) is 4.76. The Balaban J connectivity index is 1.59. The first kappa shape index (κ1) is 18.3. The summed E-state index contributed by atoms with van der Waals surface area (Å²) in [6.07, 6.45) is 1.78. The quantitative estimate of drug-likeness (QED) is 0.683. The van der Waals surface area contributed by atoms with E-state index in [1.54, 1.807) is 18.2 Å². The van der Waals surface area contributed by atoms with Gasteiger partial charge >= 0.3 is 0 Å². The summed E-state index contributed by atoms with van der Waals surface area (Å²) in [5, 5.41) is 2.89. The van der Waals surface area contributed by atoms with Crippen molar-refractivity contribution in [2.75, 3.05) is 52.5 Å². The van der Waals surface area contributed by atoms with Gasteiger partial charge in [-0.25, -0.2) is 8.42 Å². The number of rotatable bonds is 6. The highest BCUT2D eigenvalue weighted by Gasteiger charge is 2.27. The first-order chi connectivity index (χ1) is 12.1. The van der Waals surface area contributed by atoms with Crippen molar-refractivity contribution in [1.82, 2.24) is 9.62 Å². The maximum Gasteiger partial charge on any atom is 0.251 e. The molecule has 25 heavy (non-hydrogen) atoms. The smallest absolute Gasteiger partial charge is 0.251 e. The minimum atomic E-state index is -3.50. The Morgan fingerprint density at radius 1 is 1.20 bits per heavy atom. The number of quaternary nitrogens is 1. The summed E-state index contributed by atoms with van der Waals surface area (Å²) in [4.78, 5) is 13.9. The van der Waals surface area contributed by atoms with Gasteiger partial charge in [-0.05, 0) is 31.0 Å². The molecule has 2 heterocycles. The normalized spacial score (nSPS) is 19.8. The summed E-state index contributed by atoms with van der Waals surface area (Å²) < 4.78 is 32.0. The fraction of sp³-hybridized carbons (Fsp3) is 0.588. The highest BCUT2D eigenvalue weighted by Crippen LogP contribution is 2.21. The number of morpholine rings is 1. The van der Waals surface area contributed by atoms with E-state index < -0.39 is 10.0 Å². The van der Waals surface area contributed by atoms with Crippen molar-refractivity contribution in [1.29, 1.82) is 0 Å². The molecule has 1 aromatic rings. The summed E-state index contributed by atoms with van der Waals surface area (Å²) in [6, 6.07) is 6.32. The molecule has 7 nitrogen and oxygen atoms in total. The number of hydrogen-bond acceptors (Lipinski definition) is 4. The molecule has 2 saturated heterocycles. The standard InChI is InChI=1S/C17H25N3O4S/c21-17(18-6-9-19-10-12-24-13-11-19)15-4-3-5-16(14-15)25(22,23)20-7-1-2-8-20/h3-5,14H,1-2,6-13H2,(H,18,21)/p+1. The fourth-order valence-corrected chi connectivity index (χ4v) is 4.80. The molecule has 1 aromatic carbocycles. The lowest BCUT2D eigenvalue weighted by atomic mass is 10.2. The highest BCUT2D eigenvalue weighted by atomic mass is 32.2. The lowest BCUT2D eigenvalue weighted by molar-refractivity contribution is -0.906. The maximum atomic E-state index is 12.6. The zero-order valence-corrected chi connectivity index (χ0v) is 15.2. The Bertz CT molecular complexity index is 696. The number of nitrogens with one attached hydrogen (secondary N) is 2. The Labute approximate surface area is 149 Å². The SMILES string of the molecule is O=C(NCC[NH+]1CCOCC1)c1cccc(S(=O)(=O)N2CCCC2)c1. The van der Waals surface area contributed by atoms with Crippen molar-refractivity contribution in [2.24, 2.45) is 0 Å². The largest absolute Gasteiger partial charge is 0.370 e. The number of benzene rings is 1. The monoisotopic (exact) mass is 368 g/mol. The number of ether oxygens (including phenoxy) is 1. The summed E-state index contributed by atoms with van der Waals surface area (Å²) in [5.74, 6) is -0.230. The van der Waals surface area contributed by atoms with E-state index in [9.17, 15) is 13.2 Å². The molecular weight excluding hydrogens is 342 g/mol. The van der Waals surface area contributed by atoms with E-state index in [2.05, 4.69) is 5.32 Å². The second-order valence-electron chi connectivity index (χ2n) is 6.51. The van der Waals surface area contributed by atoms with Crippen LogP contribution in [0.4, 0.5) is 0 Å². The van der Waals surface area contributed by atoms with Crippen LogP contribution in [-0.4, -0.2) is 71.1 Å². The molecule has 2 N–H and O–H groups in total. The molecule has 0 saturated carbocycles. The molecule has 2 aliphatic heterocycles. The molecule has 0 aliphatic carbocycles. The Hall–Kier alpha value is -1.48. The summed E-state index contributed by atoms with van der Waals surface area (Å²) in [7, 11) is -3.50. The Morgan fingerprint density at radius 3 is 2.64 bits per heavy atom. The highest BCUT2D eigenvalue weighted by molar-refractivity contribution is 7.89. The van der Waals surface area contributed by atoms with Crippen LogP contribution in [0.1, 0.15) is 23.2 Å². The van der Waals surface area contributed by atoms with E-state index in [0.717, 1.165) is 45.7 Å². The second kappa shape index (κ2) is 8.27. The molecule has 138 valence electrons.